The van der Waals surface area contributed by atoms with Gasteiger partial charge in [-0.15, -0.1) is 0 Å². The summed E-state index contributed by atoms with van der Waals surface area (Å²) in [5.41, 5.74) is 0. The number of hydrogen-bond donors (Lipinski definition) is 0. The normalized spacial score (nSPS) is 20.4. The Balaban J connectivity index is 2.32. The molecule has 1 aliphatic rings. The van der Waals surface area contributed by atoms with Crippen LogP contribution in [0.5, 0.6) is 0 Å². The van der Waals surface area contributed by atoms with Crippen molar-refractivity contribution in [3.8, 4) is 0 Å². The van der Waals surface area contributed by atoms with E-state index in [1.807, 2.05) is 6.08 Å². The molecular formula is C10H17BrO2S. The first-order chi connectivity index (χ1) is 6.64. The highest BCUT2D eigenvalue weighted by Crippen LogP contribution is 2.26. The molecule has 0 bridgehead atoms. The molecule has 4 heteroatoms. The highest BCUT2D eigenvalue weighted by molar-refractivity contribution is 9.10. The van der Waals surface area contributed by atoms with Crippen molar-refractivity contribution in [2.75, 3.05) is 4.66 Å². The minimum Gasteiger partial charge on any atom is -0.223 e. The molecule has 2 nitrogen and oxygen atoms in total. The number of halogens is 1. The summed E-state index contributed by atoms with van der Waals surface area (Å²) in [6, 6.07) is 0. The Morgan fingerprint density at radius 2 is 1.86 bits per heavy atom. The highest BCUT2D eigenvalue weighted by Gasteiger charge is 2.11. The molecule has 1 saturated carbocycles. The van der Waals surface area contributed by atoms with Crippen LogP contribution >= 0.6 is 15.9 Å². The molecular weight excluding hydrogens is 264 g/mol. The van der Waals surface area contributed by atoms with Gasteiger partial charge in [0.15, 0.2) is 9.84 Å². The largest absolute Gasteiger partial charge is 0.223 e. The Morgan fingerprint density at radius 3 is 2.43 bits per heavy atom. The number of sulfone groups is 1. The molecule has 0 atom stereocenters. The number of hydrogen-bond acceptors (Lipinski definition) is 2. The van der Waals surface area contributed by atoms with Crippen LogP contribution in [0.4, 0.5) is 0 Å². The van der Waals surface area contributed by atoms with E-state index in [2.05, 4.69) is 15.9 Å². The van der Waals surface area contributed by atoms with Gasteiger partial charge in [-0.3, -0.25) is 0 Å². The van der Waals surface area contributed by atoms with E-state index in [9.17, 15) is 8.42 Å². The Labute approximate surface area is 94.8 Å². The lowest BCUT2D eigenvalue weighted by Crippen LogP contribution is -2.05. The van der Waals surface area contributed by atoms with Crippen molar-refractivity contribution in [3.05, 3.63) is 11.5 Å². The summed E-state index contributed by atoms with van der Waals surface area (Å²) in [5, 5.41) is 1.34. The quantitative estimate of drug-likeness (QED) is 0.741. The van der Waals surface area contributed by atoms with E-state index in [1.165, 1.54) is 37.5 Å². The topological polar surface area (TPSA) is 34.1 Å². The summed E-state index contributed by atoms with van der Waals surface area (Å²) in [6.07, 6.45) is 9.23. The van der Waals surface area contributed by atoms with Gasteiger partial charge in [0.1, 0.15) is 4.66 Å². The van der Waals surface area contributed by atoms with Crippen LogP contribution in [0.3, 0.4) is 0 Å². The second-order valence-corrected chi connectivity index (χ2v) is 7.07. The van der Waals surface area contributed by atoms with Gasteiger partial charge in [0.2, 0.25) is 0 Å². The summed E-state index contributed by atoms with van der Waals surface area (Å²) in [4.78, 5) is 0. The first-order valence-corrected chi connectivity index (χ1v) is 7.93. The fourth-order valence-corrected chi connectivity index (χ4v) is 2.79. The highest BCUT2D eigenvalue weighted by atomic mass is 79.9. The molecule has 0 unspecified atom stereocenters. The van der Waals surface area contributed by atoms with Gasteiger partial charge < -0.3 is 0 Å². The monoisotopic (exact) mass is 280 g/mol. The van der Waals surface area contributed by atoms with Crippen molar-refractivity contribution in [2.45, 2.75) is 38.5 Å². The van der Waals surface area contributed by atoms with Gasteiger partial charge in [0.05, 0.1) is 0 Å². The maximum Gasteiger partial charge on any atom is 0.181 e. The van der Waals surface area contributed by atoms with Crippen LogP contribution < -0.4 is 0 Å². The third-order valence-electron chi connectivity index (χ3n) is 2.65. The van der Waals surface area contributed by atoms with E-state index in [0.29, 0.717) is 5.92 Å². The second-order valence-electron chi connectivity index (χ2n) is 3.88. The molecule has 1 fully saturated rings. The van der Waals surface area contributed by atoms with Crippen molar-refractivity contribution < 1.29 is 8.42 Å². The molecule has 0 spiro atoms. The third-order valence-corrected chi connectivity index (χ3v) is 5.48. The Morgan fingerprint density at radius 1 is 1.21 bits per heavy atom. The lowest BCUT2D eigenvalue weighted by atomic mass is 9.87. The summed E-state index contributed by atoms with van der Waals surface area (Å²) >= 11 is 2.96. The molecule has 0 saturated heterocycles. The maximum absolute atomic E-state index is 11.1. The lowest BCUT2D eigenvalue weighted by Gasteiger charge is -2.19. The minimum absolute atomic E-state index is 0.0289. The van der Waals surface area contributed by atoms with Crippen molar-refractivity contribution in [2.24, 2.45) is 5.92 Å². The zero-order valence-electron chi connectivity index (χ0n) is 8.28. The van der Waals surface area contributed by atoms with Crippen LogP contribution in [0.25, 0.3) is 0 Å². The average Bonchev–Trinajstić information content (AvgIpc) is 2.19. The summed E-state index contributed by atoms with van der Waals surface area (Å²) in [5.74, 6) is 0.713. The summed E-state index contributed by atoms with van der Waals surface area (Å²) < 4.78 is 22.2. The molecule has 14 heavy (non-hydrogen) atoms. The van der Waals surface area contributed by atoms with Crippen LogP contribution in [0.1, 0.15) is 38.5 Å². The van der Waals surface area contributed by atoms with Gasteiger partial charge in [-0.2, -0.15) is 0 Å². The Hall–Kier alpha value is 0.170. The average molecular weight is 281 g/mol. The summed E-state index contributed by atoms with van der Waals surface area (Å²) in [7, 11) is -2.98. The van der Waals surface area contributed by atoms with Crippen LogP contribution in [0, 0.1) is 5.92 Å². The molecule has 1 aliphatic carbocycles. The first kappa shape index (κ1) is 12.2. The third kappa shape index (κ3) is 4.60. The van der Waals surface area contributed by atoms with E-state index in [-0.39, 0.29) is 4.66 Å². The van der Waals surface area contributed by atoms with Gasteiger partial charge >= 0.3 is 0 Å². The molecule has 0 radical (unpaired) electrons. The van der Waals surface area contributed by atoms with Gasteiger partial charge in [-0.1, -0.05) is 54.1 Å². The Bertz CT molecular complexity index is 276. The second kappa shape index (κ2) is 5.91. The van der Waals surface area contributed by atoms with E-state index in [4.69, 9.17) is 0 Å². The van der Waals surface area contributed by atoms with E-state index in [0.717, 1.165) is 6.42 Å². The summed E-state index contributed by atoms with van der Waals surface area (Å²) in [6.45, 7) is 0. The molecule has 0 aromatic carbocycles. The maximum atomic E-state index is 11.1. The fraction of sp³-hybridized carbons (Fsp3) is 0.800. The predicted octanol–water partition coefficient (Wildman–Crippen LogP) is 3.24. The van der Waals surface area contributed by atoms with Gasteiger partial charge in [-0.05, 0) is 12.3 Å². The molecule has 0 aliphatic heterocycles. The van der Waals surface area contributed by atoms with Crippen LogP contribution in [-0.2, 0) is 9.84 Å². The minimum atomic E-state index is -2.98. The van der Waals surface area contributed by atoms with E-state index in [1.54, 1.807) is 0 Å². The molecule has 0 aromatic rings. The van der Waals surface area contributed by atoms with Crippen LogP contribution in [0.2, 0.25) is 0 Å². The molecule has 0 amide bonds. The number of alkyl halides is 1. The van der Waals surface area contributed by atoms with E-state index >= 15 is 0 Å². The van der Waals surface area contributed by atoms with Crippen molar-refractivity contribution >= 4 is 25.8 Å². The van der Waals surface area contributed by atoms with Crippen LogP contribution in [-0.4, -0.2) is 13.1 Å². The van der Waals surface area contributed by atoms with Gasteiger partial charge in [0.25, 0.3) is 0 Å². The number of allylic oxidation sites excluding steroid dienone is 1. The molecule has 1 rings (SSSR count). The smallest absolute Gasteiger partial charge is 0.181 e. The van der Waals surface area contributed by atoms with E-state index < -0.39 is 9.84 Å². The molecule has 0 N–H and O–H groups in total. The standard InChI is InChI=1S/C10H17BrO2S/c11-9-14(12,13)8-4-7-10-5-2-1-3-6-10/h4,8,10H,1-3,5-7,9H2. The lowest BCUT2D eigenvalue weighted by molar-refractivity contribution is 0.361. The SMILES string of the molecule is O=S(=O)(C=CCC1CCCCC1)CBr. The number of rotatable bonds is 4. The van der Waals surface area contributed by atoms with Crippen molar-refractivity contribution in [1.82, 2.24) is 0 Å². The van der Waals surface area contributed by atoms with Crippen LogP contribution in [0.15, 0.2) is 11.5 Å². The predicted molar refractivity (Wildman–Crippen MR) is 63.0 cm³/mol. The molecule has 0 aromatic heterocycles. The van der Waals surface area contributed by atoms with Crippen molar-refractivity contribution in [1.29, 1.82) is 0 Å². The van der Waals surface area contributed by atoms with Gasteiger partial charge in [-0.25, -0.2) is 8.42 Å². The Kier molecular flexibility index (Phi) is 5.17. The molecule has 82 valence electrons. The first-order valence-electron chi connectivity index (χ1n) is 5.09. The fourth-order valence-electron chi connectivity index (χ4n) is 1.85. The zero-order valence-corrected chi connectivity index (χ0v) is 10.7. The van der Waals surface area contributed by atoms with Crippen molar-refractivity contribution in [3.63, 3.8) is 0 Å². The molecule has 0 heterocycles. The zero-order chi connectivity index (χ0) is 10.4. The van der Waals surface area contributed by atoms with Gasteiger partial charge in [0, 0.05) is 5.41 Å².